The molecule has 1 N–H and O–H groups in total. The molecule has 2 heterocycles. The van der Waals surface area contributed by atoms with Gasteiger partial charge in [0.2, 0.25) is 0 Å². The molecular formula is C17H24N4OS. The zero-order valence-corrected chi connectivity index (χ0v) is 15.0. The van der Waals surface area contributed by atoms with E-state index in [-0.39, 0.29) is 5.91 Å². The Bertz CT molecular complexity index is 734. The van der Waals surface area contributed by atoms with E-state index in [0.717, 1.165) is 33.7 Å². The van der Waals surface area contributed by atoms with Crippen LogP contribution in [0.1, 0.15) is 54.4 Å². The molecule has 2 aromatic heterocycles. The Hall–Kier alpha value is -1.56. The Kier molecular flexibility index (Phi) is 4.62. The number of pyridine rings is 1. The molecule has 0 unspecified atom stereocenters. The Labute approximate surface area is 141 Å². The van der Waals surface area contributed by atoms with Gasteiger partial charge in [-0.25, -0.2) is 4.98 Å². The van der Waals surface area contributed by atoms with Crippen LogP contribution >= 0.6 is 11.8 Å². The number of thioether (sulfide) groups is 1. The molecule has 0 saturated heterocycles. The normalized spacial score (nSPS) is 14.7. The van der Waals surface area contributed by atoms with E-state index in [0.29, 0.717) is 17.7 Å². The molecule has 1 amide bonds. The molecule has 2 aromatic rings. The van der Waals surface area contributed by atoms with Gasteiger partial charge in [-0.15, -0.1) is 0 Å². The molecule has 0 radical (unpaired) electrons. The third kappa shape index (κ3) is 3.52. The Morgan fingerprint density at radius 2 is 2.22 bits per heavy atom. The van der Waals surface area contributed by atoms with Gasteiger partial charge in [-0.3, -0.25) is 9.48 Å². The van der Waals surface area contributed by atoms with E-state index in [1.54, 1.807) is 4.68 Å². The number of hydrogen-bond donors (Lipinski definition) is 1. The molecule has 6 heteroatoms. The first-order valence-electron chi connectivity index (χ1n) is 8.21. The number of aryl methyl sites for hydroxylation is 2. The molecule has 3 rings (SSSR count). The minimum Gasteiger partial charge on any atom is -0.351 e. The zero-order chi connectivity index (χ0) is 16.6. The van der Waals surface area contributed by atoms with Crippen LogP contribution in [0.3, 0.4) is 0 Å². The molecule has 23 heavy (non-hydrogen) atoms. The number of carbonyl (C=O) groups is 1. The number of fused-ring (bicyclic) bond motifs is 1. The SMILES string of the molecule is Cc1nn(C)c2nc(C3CC3)cc(C(=O)NCCSC(C)C)c12. The molecule has 0 spiro atoms. The predicted octanol–water partition coefficient (Wildman–Crippen LogP) is 3.03. The number of nitrogens with zero attached hydrogens (tertiary/aromatic N) is 3. The van der Waals surface area contributed by atoms with Crippen LogP contribution in [0.2, 0.25) is 0 Å². The first-order chi connectivity index (χ1) is 11.0. The van der Waals surface area contributed by atoms with Crippen LogP contribution in [0.4, 0.5) is 0 Å². The molecule has 5 nitrogen and oxygen atoms in total. The second kappa shape index (κ2) is 6.51. The van der Waals surface area contributed by atoms with Crippen molar-refractivity contribution in [3.8, 4) is 0 Å². The first kappa shape index (κ1) is 16.3. The van der Waals surface area contributed by atoms with Crippen LogP contribution < -0.4 is 5.32 Å². The van der Waals surface area contributed by atoms with Crippen LogP contribution in [0, 0.1) is 6.92 Å². The number of hydrogen-bond acceptors (Lipinski definition) is 4. The zero-order valence-electron chi connectivity index (χ0n) is 14.2. The summed E-state index contributed by atoms with van der Waals surface area (Å²) < 4.78 is 1.78. The average Bonchev–Trinajstić information content (AvgIpc) is 3.30. The van der Waals surface area contributed by atoms with Gasteiger partial charge in [0.25, 0.3) is 5.91 Å². The third-order valence-electron chi connectivity index (χ3n) is 4.07. The summed E-state index contributed by atoms with van der Waals surface area (Å²) in [5.41, 5.74) is 3.42. The van der Waals surface area contributed by atoms with Gasteiger partial charge in [0.1, 0.15) is 0 Å². The fourth-order valence-electron chi connectivity index (χ4n) is 2.79. The van der Waals surface area contributed by atoms with E-state index in [4.69, 9.17) is 4.98 Å². The van der Waals surface area contributed by atoms with Gasteiger partial charge in [-0.2, -0.15) is 16.9 Å². The Morgan fingerprint density at radius 3 is 2.87 bits per heavy atom. The van der Waals surface area contributed by atoms with Crippen LogP contribution in [-0.4, -0.2) is 38.2 Å². The van der Waals surface area contributed by atoms with Crippen molar-refractivity contribution >= 4 is 28.7 Å². The van der Waals surface area contributed by atoms with E-state index < -0.39 is 0 Å². The van der Waals surface area contributed by atoms with E-state index in [1.165, 1.54) is 12.8 Å². The maximum atomic E-state index is 12.7. The second-order valence-corrected chi connectivity index (χ2v) is 8.14. The highest BCUT2D eigenvalue weighted by Crippen LogP contribution is 2.40. The highest BCUT2D eigenvalue weighted by Gasteiger charge is 2.28. The molecule has 1 aliphatic rings. The summed E-state index contributed by atoms with van der Waals surface area (Å²) in [6.07, 6.45) is 2.34. The van der Waals surface area contributed by atoms with Crippen molar-refractivity contribution in [1.29, 1.82) is 0 Å². The predicted molar refractivity (Wildman–Crippen MR) is 95.1 cm³/mol. The minimum atomic E-state index is -0.0141. The number of amides is 1. The molecule has 0 bridgehead atoms. The van der Waals surface area contributed by atoms with Gasteiger partial charge in [0, 0.05) is 31.0 Å². The van der Waals surface area contributed by atoms with Gasteiger partial charge < -0.3 is 5.32 Å². The standard InChI is InChI=1S/C17H24N4OS/c1-10(2)23-8-7-18-17(22)13-9-14(12-5-6-12)19-16-15(13)11(3)20-21(16)4/h9-10,12H,5-8H2,1-4H3,(H,18,22). The highest BCUT2D eigenvalue weighted by atomic mass is 32.2. The molecule has 0 atom stereocenters. The number of carbonyl (C=O) groups excluding carboxylic acids is 1. The van der Waals surface area contributed by atoms with Crippen LogP contribution in [0.15, 0.2) is 6.07 Å². The lowest BCUT2D eigenvalue weighted by atomic mass is 10.1. The van der Waals surface area contributed by atoms with Gasteiger partial charge in [-0.1, -0.05) is 13.8 Å². The number of aromatic nitrogens is 3. The van der Waals surface area contributed by atoms with Crippen molar-refractivity contribution in [2.45, 2.75) is 44.8 Å². The quantitative estimate of drug-likeness (QED) is 0.826. The summed E-state index contributed by atoms with van der Waals surface area (Å²) in [5.74, 6) is 1.43. The van der Waals surface area contributed by atoms with E-state index in [9.17, 15) is 4.79 Å². The van der Waals surface area contributed by atoms with Crippen molar-refractivity contribution in [2.24, 2.45) is 7.05 Å². The van der Waals surface area contributed by atoms with Gasteiger partial charge in [0.15, 0.2) is 5.65 Å². The fraction of sp³-hybridized carbons (Fsp3) is 0.588. The summed E-state index contributed by atoms with van der Waals surface area (Å²) in [7, 11) is 1.89. The monoisotopic (exact) mass is 332 g/mol. The molecule has 124 valence electrons. The van der Waals surface area contributed by atoms with Gasteiger partial charge >= 0.3 is 0 Å². The molecule has 1 saturated carbocycles. The van der Waals surface area contributed by atoms with E-state index in [2.05, 4.69) is 24.3 Å². The maximum Gasteiger partial charge on any atom is 0.252 e. The molecular weight excluding hydrogens is 308 g/mol. The fourth-order valence-corrected chi connectivity index (χ4v) is 3.48. The number of rotatable bonds is 6. The Balaban J connectivity index is 1.87. The van der Waals surface area contributed by atoms with Crippen molar-refractivity contribution < 1.29 is 4.79 Å². The summed E-state index contributed by atoms with van der Waals surface area (Å²) in [4.78, 5) is 17.4. The largest absolute Gasteiger partial charge is 0.351 e. The highest BCUT2D eigenvalue weighted by molar-refractivity contribution is 7.99. The Morgan fingerprint density at radius 1 is 1.48 bits per heavy atom. The lowest BCUT2D eigenvalue weighted by Crippen LogP contribution is -2.26. The minimum absolute atomic E-state index is 0.0141. The summed E-state index contributed by atoms with van der Waals surface area (Å²) in [6, 6.07) is 1.97. The summed E-state index contributed by atoms with van der Waals surface area (Å²) in [5, 5.41) is 8.95. The first-order valence-corrected chi connectivity index (χ1v) is 9.26. The average molecular weight is 332 g/mol. The smallest absolute Gasteiger partial charge is 0.252 e. The van der Waals surface area contributed by atoms with Crippen molar-refractivity contribution in [2.75, 3.05) is 12.3 Å². The topological polar surface area (TPSA) is 59.8 Å². The van der Waals surface area contributed by atoms with E-state index in [1.807, 2.05) is 31.8 Å². The van der Waals surface area contributed by atoms with Crippen LogP contribution in [-0.2, 0) is 7.05 Å². The van der Waals surface area contributed by atoms with Gasteiger partial charge in [-0.05, 0) is 31.1 Å². The van der Waals surface area contributed by atoms with Gasteiger partial charge in [0.05, 0.1) is 16.6 Å². The van der Waals surface area contributed by atoms with Crippen LogP contribution in [0.25, 0.3) is 11.0 Å². The maximum absolute atomic E-state index is 12.7. The second-order valence-electron chi connectivity index (χ2n) is 6.45. The van der Waals surface area contributed by atoms with Crippen molar-refractivity contribution in [3.05, 3.63) is 23.0 Å². The summed E-state index contributed by atoms with van der Waals surface area (Å²) in [6.45, 7) is 6.95. The van der Waals surface area contributed by atoms with Crippen molar-refractivity contribution in [1.82, 2.24) is 20.1 Å². The third-order valence-corrected chi connectivity index (χ3v) is 5.17. The molecule has 0 aromatic carbocycles. The van der Waals surface area contributed by atoms with Crippen molar-refractivity contribution in [3.63, 3.8) is 0 Å². The molecule has 1 aliphatic carbocycles. The van der Waals surface area contributed by atoms with Crippen LogP contribution in [0.5, 0.6) is 0 Å². The lowest BCUT2D eigenvalue weighted by Gasteiger charge is -2.09. The molecule has 1 fully saturated rings. The number of nitrogens with one attached hydrogen (secondary N) is 1. The summed E-state index contributed by atoms with van der Waals surface area (Å²) >= 11 is 1.85. The molecule has 0 aliphatic heterocycles. The lowest BCUT2D eigenvalue weighted by molar-refractivity contribution is 0.0957. The van der Waals surface area contributed by atoms with E-state index >= 15 is 0 Å².